The molecule has 1 N–H and O–H groups in total. The maximum atomic E-state index is 12.8. The Morgan fingerprint density at radius 2 is 1.87 bits per heavy atom. The molecule has 0 aromatic carbocycles. The Morgan fingerprint density at radius 1 is 1.47 bits per heavy atom. The first-order valence-corrected chi connectivity index (χ1v) is 3.84. The smallest absolute Gasteiger partial charge is 0.396 e. The largest absolute Gasteiger partial charge is 0.432 e. The molecule has 0 saturated heterocycles. The summed E-state index contributed by atoms with van der Waals surface area (Å²) < 4.78 is 53.7. The molecule has 0 aromatic heterocycles. The normalized spacial score (nSPS) is 17.8. The third kappa shape index (κ3) is 2.92. The van der Waals surface area contributed by atoms with Crippen LogP contribution < -0.4 is 0 Å². The monoisotopic (exact) mass is 230 g/mol. The second-order valence-corrected chi connectivity index (χ2v) is 2.97. The lowest BCUT2D eigenvalue weighted by Crippen LogP contribution is -2.52. The van der Waals surface area contributed by atoms with E-state index in [1.807, 2.05) is 0 Å². The Balaban J connectivity index is 4.83. The average Bonchev–Trinajstić information content (AvgIpc) is 2.02. The predicted octanol–water partition coefficient (Wildman–Crippen LogP) is 1.71. The molecule has 0 aliphatic heterocycles. The van der Waals surface area contributed by atoms with E-state index in [4.69, 9.17) is 5.11 Å². The van der Waals surface area contributed by atoms with Gasteiger partial charge in [-0.25, -0.2) is 9.18 Å². The lowest BCUT2D eigenvalue weighted by atomic mass is 10.2. The summed E-state index contributed by atoms with van der Waals surface area (Å²) in [7, 11) is 0. The topological polar surface area (TPSA) is 46.5 Å². The van der Waals surface area contributed by atoms with Crippen molar-refractivity contribution in [2.24, 2.45) is 0 Å². The molecule has 0 rings (SSSR count). The molecule has 0 fully saturated rings. The highest BCUT2D eigenvalue weighted by Gasteiger charge is 2.62. The van der Waals surface area contributed by atoms with E-state index in [2.05, 4.69) is 11.3 Å². The van der Waals surface area contributed by atoms with Gasteiger partial charge in [0.2, 0.25) is 0 Å². The summed E-state index contributed by atoms with van der Waals surface area (Å²) in [6.07, 6.45) is -3.02. The first kappa shape index (κ1) is 13.9. The van der Waals surface area contributed by atoms with Crippen molar-refractivity contribution >= 4 is 5.97 Å². The molecule has 88 valence electrons. The molecule has 0 saturated carbocycles. The van der Waals surface area contributed by atoms with Gasteiger partial charge in [0, 0.05) is 5.57 Å². The fraction of sp³-hybridized carbons (Fsp3) is 0.625. The molecule has 7 heteroatoms. The molecule has 15 heavy (non-hydrogen) atoms. The third-order valence-corrected chi connectivity index (χ3v) is 1.49. The molecule has 0 amide bonds. The number of hydrogen-bond acceptors (Lipinski definition) is 3. The summed E-state index contributed by atoms with van der Waals surface area (Å²) in [6.45, 7) is 4.34. The molecule has 0 heterocycles. The zero-order valence-electron chi connectivity index (χ0n) is 8.06. The average molecular weight is 230 g/mol. The summed E-state index contributed by atoms with van der Waals surface area (Å²) in [5.74, 6) is -6.43. The van der Waals surface area contributed by atoms with Crippen LogP contribution in [0.25, 0.3) is 0 Å². The highest BCUT2D eigenvalue weighted by atomic mass is 19.3. The number of hydrogen-bond donors (Lipinski definition) is 1. The zero-order valence-corrected chi connectivity index (χ0v) is 8.06. The molecule has 3 nitrogen and oxygen atoms in total. The molecule has 0 spiro atoms. The number of alkyl halides is 4. The Morgan fingerprint density at radius 3 is 2.13 bits per heavy atom. The molecule has 0 bridgehead atoms. The van der Waals surface area contributed by atoms with E-state index < -0.39 is 29.7 Å². The first-order valence-electron chi connectivity index (χ1n) is 3.84. The van der Waals surface area contributed by atoms with E-state index in [0.717, 1.165) is 6.92 Å². The molecule has 0 aliphatic carbocycles. The molecule has 2 atom stereocenters. The first-order chi connectivity index (χ1) is 6.52. The van der Waals surface area contributed by atoms with Gasteiger partial charge in [-0.3, -0.25) is 0 Å². The minimum absolute atomic E-state index is 0.319. The predicted molar refractivity (Wildman–Crippen MR) is 42.5 cm³/mol. The van der Waals surface area contributed by atoms with Gasteiger partial charge in [-0.05, 0) is 13.8 Å². The minimum atomic E-state index is -4.85. The van der Waals surface area contributed by atoms with Crippen LogP contribution in [0, 0.1) is 0 Å². The van der Waals surface area contributed by atoms with Crippen molar-refractivity contribution < 1.29 is 32.2 Å². The highest BCUT2D eigenvalue weighted by Crippen LogP contribution is 2.36. The number of rotatable bonds is 4. The fourth-order valence-corrected chi connectivity index (χ4v) is 0.523. The third-order valence-electron chi connectivity index (χ3n) is 1.49. The van der Waals surface area contributed by atoms with Crippen LogP contribution in [0.3, 0.4) is 0 Å². The van der Waals surface area contributed by atoms with Crippen molar-refractivity contribution in [2.45, 2.75) is 32.0 Å². The van der Waals surface area contributed by atoms with Crippen molar-refractivity contribution in [2.75, 3.05) is 0 Å². The van der Waals surface area contributed by atoms with E-state index in [1.165, 1.54) is 0 Å². The lowest BCUT2D eigenvalue weighted by Gasteiger charge is -2.28. The van der Waals surface area contributed by atoms with Crippen LogP contribution in [0.1, 0.15) is 13.8 Å². The molecule has 0 aromatic rings. The molecule has 2 unspecified atom stereocenters. The van der Waals surface area contributed by atoms with Crippen LogP contribution in [0.15, 0.2) is 12.2 Å². The summed E-state index contributed by atoms with van der Waals surface area (Å²) in [5, 5.41) is 8.49. The van der Waals surface area contributed by atoms with Crippen LogP contribution in [0.5, 0.6) is 0 Å². The number of aliphatic hydroxyl groups is 1. The second kappa shape index (κ2) is 4.18. The maximum absolute atomic E-state index is 12.8. The highest BCUT2D eigenvalue weighted by molar-refractivity contribution is 5.87. The summed E-state index contributed by atoms with van der Waals surface area (Å²) in [4.78, 5) is 10.7. The van der Waals surface area contributed by atoms with Crippen molar-refractivity contribution in [1.29, 1.82) is 0 Å². The Hall–Kier alpha value is -1.11. The van der Waals surface area contributed by atoms with Gasteiger partial charge >= 0.3 is 17.9 Å². The van der Waals surface area contributed by atoms with Crippen LogP contribution in [0.2, 0.25) is 0 Å². The van der Waals surface area contributed by atoms with Gasteiger partial charge in [0.15, 0.2) is 6.17 Å². The number of carbonyl (C=O) groups excluding carboxylic acids is 1. The van der Waals surface area contributed by atoms with Gasteiger partial charge in [0.05, 0.1) is 0 Å². The van der Waals surface area contributed by atoms with Gasteiger partial charge in [-0.15, -0.1) is 0 Å². The molecular weight excluding hydrogens is 220 g/mol. The molecular formula is C8H10F4O3. The fourth-order valence-electron chi connectivity index (χ4n) is 0.523. The minimum Gasteiger partial charge on any atom is -0.396 e. The van der Waals surface area contributed by atoms with E-state index >= 15 is 0 Å². The number of carbonyl (C=O) groups is 1. The Labute approximate surface area is 83.3 Å². The molecule has 0 aliphatic rings. The van der Waals surface area contributed by atoms with Crippen molar-refractivity contribution in [1.82, 2.24) is 0 Å². The Kier molecular flexibility index (Phi) is 3.87. The summed E-state index contributed by atoms with van der Waals surface area (Å²) >= 11 is 0. The standard InChI is InChI=1S/C8H10F4O3/c1-4(2)6(13)15-8(12,14)7(10,11)5(3)9/h5,14H,1H2,2-3H3. The number of esters is 1. The van der Waals surface area contributed by atoms with Crippen molar-refractivity contribution in [3.8, 4) is 0 Å². The second-order valence-electron chi connectivity index (χ2n) is 2.97. The lowest BCUT2D eigenvalue weighted by molar-refractivity contribution is -0.379. The van der Waals surface area contributed by atoms with Crippen molar-refractivity contribution in [3.63, 3.8) is 0 Å². The van der Waals surface area contributed by atoms with Crippen LogP contribution >= 0.6 is 0 Å². The van der Waals surface area contributed by atoms with Crippen LogP contribution in [0.4, 0.5) is 17.6 Å². The van der Waals surface area contributed by atoms with Crippen molar-refractivity contribution in [3.05, 3.63) is 12.2 Å². The summed E-state index contributed by atoms with van der Waals surface area (Å²) in [6, 6.07) is -4.70. The van der Waals surface area contributed by atoms with E-state index in [0.29, 0.717) is 6.92 Å². The SMILES string of the molecule is C=C(C)C(=O)OC(O)(F)C(F)(F)C(C)F. The number of ether oxygens (including phenoxy) is 1. The molecule has 0 radical (unpaired) electrons. The van der Waals surface area contributed by atoms with Gasteiger partial charge in [-0.2, -0.15) is 13.2 Å². The van der Waals surface area contributed by atoms with Gasteiger partial charge in [0.1, 0.15) is 0 Å². The Bertz CT molecular complexity index is 273. The van der Waals surface area contributed by atoms with Gasteiger partial charge < -0.3 is 9.84 Å². The van der Waals surface area contributed by atoms with E-state index in [-0.39, 0.29) is 0 Å². The van der Waals surface area contributed by atoms with E-state index in [1.54, 1.807) is 0 Å². The summed E-state index contributed by atoms with van der Waals surface area (Å²) in [5.41, 5.74) is -0.409. The number of halogens is 4. The zero-order chi connectivity index (χ0) is 12.4. The van der Waals surface area contributed by atoms with Gasteiger partial charge in [0.25, 0.3) is 0 Å². The van der Waals surface area contributed by atoms with Crippen LogP contribution in [-0.2, 0) is 9.53 Å². The van der Waals surface area contributed by atoms with Gasteiger partial charge in [-0.1, -0.05) is 6.58 Å². The van der Waals surface area contributed by atoms with Crippen LogP contribution in [-0.4, -0.2) is 29.2 Å². The van der Waals surface area contributed by atoms with E-state index in [9.17, 15) is 22.4 Å². The quantitative estimate of drug-likeness (QED) is 0.346. The maximum Gasteiger partial charge on any atom is 0.432 e.